The van der Waals surface area contributed by atoms with Crippen LogP contribution in [0.2, 0.25) is 0 Å². The number of carbonyl (C=O) groups excluding carboxylic acids is 2. The Morgan fingerprint density at radius 1 is 1.11 bits per heavy atom. The lowest BCUT2D eigenvalue weighted by molar-refractivity contribution is -0.0770. The number of hydrogen-bond acceptors (Lipinski definition) is 5. The first-order valence-electron chi connectivity index (χ1n) is 16.7. The van der Waals surface area contributed by atoms with Crippen molar-refractivity contribution in [2.45, 2.75) is 110 Å². The van der Waals surface area contributed by atoms with Gasteiger partial charge in [0.1, 0.15) is 0 Å². The van der Waals surface area contributed by atoms with E-state index in [2.05, 4.69) is 44.3 Å². The Bertz CT molecular complexity index is 1530. The predicted molar refractivity (Wildman–Crippen MR) is 184 cm³/mol. The number of aliphatic hydroxyl groups excluding tert-OH is 1. The van der Waals surface area contributed by atoms with E-state index in [1.807, 2.05) is 50.2 Å². The van der Waals surface area contributed by atoms with Crippen LogP contribution in [0.4, 0.5) is 4.79 Å². The summed E-state index contributed by atoms with van der Waals surface area (Å²) in [7, 11) is 0. The number of carbonyl (C=O) groups is 2. The average Bonchev–Trinajstić information content (AvgIpc) is 3.54. The number of thiophene rings is 1. The van der Waals surface area contributed by atoms with E-state index in [1.54, 1.807) is 4.90 Å². The first kappa shape index (κ1) is 33.4. The molecule has 2 aromatic carbocycles. The second-order valence-electron chi connectivity index (χ2n) is 14.0. The van der Waals surface area contributed by atoms with E-state index < -0.39 is 17.1 Å². The van der Waals surface area contributed by atoms with Gasteiger partial charge in [0.15, 0.2) is 0 Å². The van der Waals surface area contributed by atoms with E-state index in [4.69, 9.17) is 0 Å². The summed E-state index contributed by atoms with van der Waals surface area (Å²) in [5.74, 6) is -0.0878. The molecule has 0 radical (unpaired) electrons. The molecule has 3 aliphatic carbocycles. The predicted octanol–water partition coefficient (Wildman–Crippen LogP) is 8.00. The van der Waals surface area contributed by atoms with Crippen molar-refractivity contribution in [2.75, 3.05) is 13.1 Å². The number of benzene rings is 2. The molecule has 0 aliphatic heterocycles. The fourth-order valence-electron chi connectivity index (χ4n) is 7.60. The first-order chi connectivity index (χ1) is 21.4. The molecule has 1 saturated carbocycles. The Morgan fingerprint density at radius 3 is 2.62 bits per heavy atom. The number of amides is 2. The third-order valence-corrected chi connectivity index (χ3v) is 11.3. The smallest absolute Gasteiger partial charge is 0.317 e. The Labute approximate surface area is 272 Å². The zero-order chi connectivity index (χ0) is 32.4. The van der Waals surface area contributed by atoms with Crippen molar-refractivity contribution >= 4 is 33.2 Å². The van der Waals surface area contributed by atoms with Crippen molar-refractivity contribution in [1.82, 2.24) is 10.2 Å². The number of aliphatic hydroxyl groups is 2. The van der Waals surface area contributed by atoms with Crippen molar-refractivity contribution in [2.24, 2.45) is 5.41 Å². The highest BCUT2D eigenvalue weighted by Crippen LogP contribution is 2.59. The summed E-state index contributed by atoms with van der Waals surface area (Å²) in [6.45, 7) is 11.1. The molecular weight excluding hydrogens is 580 g/mol. The van der Waals surface area contributed by atoms with Gasteiger partial charge >= 0.3 is 6.03 Å². The highest BCUT2D eigenvalue weighted by atomic mass is 32.1. The summed E-state index contributed by atoms with van der Waals surface area (Å²) in [5, 5.41) is 27.7. The zero-order valence-electron chi connectivity index (χ0n) is 27.6. The van der Waals surface area contributed by atoms with Gasteiger partial charge in [0.25, 0.3) is 0 Å². The van der Waals surface area contributed by atoms with Crippen LogP contribution < -0.4 is 5.32 Å². The van der Waals surface area contributed by atoms with E-state index >= 15 is 0 Å². The molecule has 242 valence electrons. The molecule has 0 spiro atoms. The van der Waals surface area contributed by atoms with Crippen LogP contribution in [0.15, 0.2) is 60.2 Å². The number of fused-ring (bicyclic) bond motifs is 9. The molecule has 2 amide bonds. The van der Waals surface area contributed by atoms with Gasteiger partial charge in [-0.25, -0.2) is 4.79 Å². The molecule has 3 aromatic rings. The van der Waals surface area contributed by atoms with Crippen LogP contribution in [0.3, 0.4) is 0 Å². The zero-order valence-corrected chi connectivity index (χ0v) is 28.4. The van der Waals surface area contributed by atoms with Crippen LogP contribution >= 0.6 is 11.3 Å². The summed E-state index contributed by atoms with van der Waals surface area (Å²) < 4.78 is 1.08. The number of urea groups is 1. The second kappa shape index (κ2) is 13.8. The van der Waals surface area contributed by atoms with E-state index in [1.165, 1.54) is 16.9 Å². The van der Waals surface area contributed by atoms with E-state index in [0.717, 1.165) is 53.3 Å². The molecule has 3 aliphatic rings. The quantitative estimate of drug-likeness (QED) is 0.182. The maximum Gasteiger partial charge on any atom is 0.317 e. The van der Waals surface area contributed by atoms with Crippen molar-refractivity contribution in [3.8, 4) is 0 Å². The van der Waals surface area contributed by atoms with Gasteiger partial charge in [-0.1, -0.05) is 55.8 Å². The average molecular weight is 631 g/mol. The van der Waals surface area contributed by atoms with E-state index in [-0.39, 0.29) is 30.3 Å². The number of nitrogens with zero attached hydrogens (tertiary/aromatic N) is 1. The van der Waals surface area contributed by atoms with Gasteiger partial charge in [0.2, 0.25) is 5.78 Å². The van der Waals surface area contributed by atoms with Crippen molar-refractivity contribution < 1.29 is 19.8 Å². The molecule has 2 bridgehead atoms. The minimum Gasteiger partial charge on any atom is -0.393 e. The van der Waals surface area contributed by atoms with Crippen molar-refractivity contribution in [3.05, 3.63) is 81.7 Å². The van der Waals surface area contributed by atoms with Crippen molar-refractivity contribution in [3.63, 3.8) is 0 Å². The molecule has 0 saturated heterocycles. The van der Waals surface area contributed by atoms with E-state index in [0.29, 0.717) is 36.2 Å². The van der Waals surface area contributed by atoms with Crippen LogP contribution in [0.5, 0.6) is 0 Å². The maximum atomic E-state index is 14.4. The minimum absolute atomic E-state index is 0.000357. The van der Waals surface area contributed by atoms with Crippen LogP contribution in [0.25, 0.3) is 10.1 Å². The Kier molecular flexibility index (Phi) is 10.2. The van der Waals surface area contributed by atoms with Gasteiger partial charge in [-0.2, -0.15) is 0 Å². The third-order valence-electron chi connectivity index (χ3n) is 10.2. The number of hydrogen-bond donors (Lipinski definition) is 3. The Morgan fingerprint density at radius 2 is 1.89 bits per heavy atom. The normalized spacial score (nSPS) is 25.6. The Balaban J connectivity index is 1.60. The SMILES string of the molecule is CCCN(C[C@]1(O)CC[C@H]2c3ccc(cc3C(=O)c3cc4ccccc4s3)C[C@@H](O)CCC(C)=CCC[C@@]21C)C(=O)NC(C)C. The van der Waals surface area contributed by atoms with Crippen LogP contribution in [-0.2, 0) is 6.42 Å². The first-order valence-corrected chi connectivity index (χ1v) is 17.5. The van der Waals surface area contributed by atoms with Gasteiger partial charge < -0.3 is 20.4 Å². The lowest BCUT2D eigenvalue weighted by atomic mass is 9.64. The third kappa shape index (κ3) is 7.06. The lowest BCUT2D eigenvalue weighted by Gasteiger charge is -2.46. The topological polar surface area (TPSA) is 89.9 Å². The molecule has 3 N–H and O–H groups in total. The van der Waals surface area contributed by atoms with Gasteiger partial charge in [0.05, 0.1) is 23.1 Å². The molecule has 45 heavy (non-hydrogen) atoms. The number of rotatable bonds is 7. The summed E-state index contributed by atoms with van der Waals surface area (Å²) in [5.41, 5.74) is 2.09. The fourth-order valence-corrected chi connectivity index (χ4v) is 8.62. The van der Waals surface area contributed by atoms with Crippen LogP contribution in [0, 0.1) is 5.41 Å². The standard InChI is InChI=1S/C38H50N2O4S/c1-6-20-40(36(43)39-25(2)3)24-38(44)19-17-32-30-16-14-27(21-29(41)15-13-26(4)10-9-18-37(32,38)5)22-31(30)35(42)34-23-28-11-7-8-12-33(28)45-34/h7-8,10-12,14,16,22-23,25,29,32,41,44H,6,9,13,15,17-21,24H2,1-5H3,(H,39,43)/t29-,32-,37-,38+/m0/s1. The summed E-state index contributed by atoms with van der Waals surface area (Å²) in [6, 6.07) is 16.1. The molecule has 4 atom stereocenters. The number of allylic oxidation sites excluding steroid dienone is 2. The molecular formula is C38H50N2O4S. The van der Waals surface area contributed by atoms with Gasteiger partial charge in [0, 0.05) is 28.3 Å². The van der Waals surface area contributed by atoms with Gasteiger partial charge in [-0.3, -0.25) is 4.79 Å². The molecule has 0 unspecified atom stereocenters. The summed E-state index contributed by atoms with van der Waals surface area (Å²) in [6.07, 6.45) is 7.27. The highest BCUT2D eigenvalue weighted by Gasteiger charge is 2.57. The monoisotopic (exact) mass is 630 g/mol. The molecule has 1 fully saturated rings. The number of ketones is 1. The van der Waals surface area contributed by atoms with Crippen molar-refractivity contribution in [1.29, 1.82) is 0 Å². The van der Waals surface area contributed by atoms with Crippen LogP contribution in [0.1, 0.15) is 112 Å². The minimum atomic E-state index is -1.13. The molecule has 6 rings (SSSR count). The largest absolute Gasteiger partial charge is 0.393 e. The highest BCUT2D eigenvalue weighted by molar-refractivity contribution is 7.21. The Hall–Kier alpha value is -3.00. The second-order valence-corrected chi connectivity index (χ2v) is 15.0. The maximum absolute atomic E-state index is 14.4. The van der Waals surface area contributed by atoms with Crippen LogP contribution in [-0.4, -0.2) is 57.8 Å². The molecule has 1 aromatic heterocycles. The van der Waals surface area contributed by atoms with E-state index in [9.17, 15) is 19.8 Å². The molecule has 6 nitrogen and oxygen atoms in total. The van der Waals surface area contributed by atoms with Gasteiger partial charge in [-0.15, -0.1) is 11.3 Å². The lowest BCUT2D eigenvalue weighted by Crippen LogP contribution is -2.56. The number of nitrogens with one attached hydrogen (secondary N) is 1. The van der Waals surface area contributed by atoms with Gasteiger partial charge in [-0.05, 0) is 113 Å². The fraction of sp³-hybridized carbons (Fsp3) is 0.526. The summed E-state index contributed by atoms with van der Waals surface area (Å²) in [4.78, 5) is 30.2. The molecule has 1 heterocycles. The molecule has 7 heteroatoms. The summed E-state index contributed by atoms with van der Waals surface area (Å²) >= 11 is 1.51.